The van der Waals surface area contributed by atoms with Gasteiger partial charge in [0, 0.05) is 24.4 Å². The van der Waals surface area contributed by atoms with E-state index in [4.69, 9.17) is 4.74 Å². The van der Waals surface area contributed by atoms with E-state index in [1.54, 1.807) is 11.8 Å². The van der Waals surface area contributed by atoms with Crippen LogP contribution in [0.4, 0.5) is 4.79 Å². The molecule has 2 rings (SSSR count). The Kier molecular flexibility index (Phi) is 5.55. The van der Waals surface area contributed by atoms with Crippen molar-refractivity contribution in [1.82, 2.24) is 19.5 Å². The van der Waals surface area contributed by atoms with Crippen LogP contribution in [0, 0.1) is 6.92 Å². The van der Waals surface area contributed by atoms with Gasteiger partial charge in [-0.15, -0.1) is 0 Å². The molecule has 138 valence electrons. The van der Waals surface area contributed by atoms with Crippen LogP contribution in [0.15, 0.2) is 16.9 Å². The van der Waals surface area contributed by atoms with Crippen molar-refractivity contribution >= 4 is 11.7 Å². The van der Waals surface area contributed by atoms with Gasteiger partial charge in [-0.1, -0.05) is 13.3 Å². The van der Waals surface area contributed by atoms with E-state index in [1.165, 1.54) is 10.6 Å². The summed E-state index contributed by atoms with van der Waals surface area (Å²) in [6, 6.07) is 3.11. The Hall–Kier alpha value is -2.31. The number of rotatable bonds is 5. The average Bonchev–Trinajstić information content (AvgIpc) is 2.89. The van der Waals surface area contributed by atoms with Gasteiger partial charge in [0.2, 0.25) is 0 Å². The maximum atomic E-state index is 12.6. The minimum Gasteiger partial charge on any atom is -0.444 e. The number of amides is 1. The van der Waals surface area contributed by atoms with Crippen molar-refractivity contribution in [2.24, 2.45) is 0 Å². The number of carbonyl (C=O) groups excluding carboxylic acids is 1. The highest BCUT2D eigenvalue weighted by Gasteiger charge is 2.29. The Bertz CT molecular complexity index is 801. The molecule has 25 heavy (non-hydrogen) atoms. The van der Waals surface area contributed by atoms with Gasteiger partial charge in [0.05, 0.1) is 11.7 Å². The minimum atomic E-state index is -0.558. The zero-order valence-corrected chi connectivity index (χ0v) is 15.9. The SMILES string of the molecule is CCCC(c1cc2nc(C)cc(=O)n2[nH]1)N(CC)C(=O)OC(C)(C)C. The Labute approximate surface area is 148 Å². The van der Waals surface area contributed by atoms with E-state index in [0.29, 0.717) is 17.9 Å². The van der Waals surface area contributed by atoms with E-state index >= 15 is 0 Å². The number of aromatic nitrogens is 3. The topological polar surface area (TPSA) is 79.7 Å². The molecule has 0 aliphatic heterocycles. The molecule has 1 amide bonds. The number of fused-ring (bicyclic) bond motifs is 1. The quantitative estimate of drug-likeness (QED) is 0.898. The molecule has 0 saturated heterocycles. The second-order valence-electron chi connectivity index (χ2n) is 7.21. The molecule has 0 saturated carbocycles. The molecule has 1 N–H and O–H groups in total. The summed E-state index contributed by atoms with van der Waals surface area (Å²) in [7, 11) is 0. The molecule has 2 aromatic heterocycles. The number of nitrogens with one attached hydrogen (secondary N) is 1. The summed E-state index contributed by atoms with van der Waals surface area (Å²) >= 11 is 0. The highest BCUT2D eigenvalue weighted by molar-refractivity contribution is 5.68. The van der Waals surface area contributed by atoms with Crippen molar-refractivity contribution < 1.29 is 9.53 Å². The van der Waals surface area contributed by atoms with E-state index in [0.717, 1.165) is 18.5 Å². The molecule has 1 atom stereocenters. The number of aryl methyl sites for hydroxylation is 1. The number of hydrogen-bond donors (Lipinski definition) is 1. The Morgan fingerprint density at radius 2 is 2.04 bits per heavy atom. The van der Waals surface area contributed by atoms with Crippen LogP contribution in [0.25, 0.3) is 5.65 Å². The second kappa shape index (κ2) is 7.29. The van der Waals surface area contributed by atoms with Gasteiger partial charge in [0.25, 0.3) is 5.56 Å². The van der Waals surface area contributed by atoms with Crippen LogP contribution in [0.5, 0.6) is 0 Å². The van der Waals surface area contributed by atoms with E-state index in [2.05, 4.69) is 17.0 Å². The lowest BCUT2D eigenvalue weighted by molar-refractivity contribution is 0.0156. The van der Waals surface area contributed by atoms with Gasteiger partial charge in [-0.05, 0) is 41.0 Å². The molecule has 1 unspecified atom stereocenters. The molecular weight excluding hydrogens is 320 g/mol. The molecule has 0 spiro atoms. The van der Waals surface area contributed by atoms with Crippen LogP contribution < -0.4 is 5.56 Å². The Morgan fingerprint density at radius 3 is 2.60 bits per heavy atom. The zero-order valence-electron chi connectivity index (χ0n) is 15.9. The summed E-state index contributed by atoms with van der Waals surface area (Å²) in [6.07, 6.45) is 1.29. The summed E-state index contributed by atoms with van der Waals surface area (Å²) in [5.41, 5.74) is 1.29. The van der Waals surface area contributed by atoms with Crippen LogP contribution in [0.3, 0.4) is 0 Å². The molecule has 0 aliphatic rings. The fourth-order valence-corrected chi connectivity index (χ4v) is 2.85. The first-order chi connectivity index (χ1) is 11.7. The summed E-state index contributed by atoms with van der Waals surface area (Å²) in [5.74, 6) is 0. The molecule has 2 aromatic rings. The van der Waals surface area contributed by atoms with Crippen molar-refractivity contribution in [3.63, 3.8) is 0 Å². The largest absolute Gasteiger partial charge is 0.444 e. The summed E-state index contributed by atoms with van der Waals surface area (Å²) in [4.78, 5) is 30.8. The predicted octanol–water partition coefficient (Wildman–Crippen LogP) is 3.43. The summed E-state index contributed by atoms with van der Waals surface area (Å²) in [5, 5.41) is 3.10. The minimum absolute atomic E-state index is 0.163. The molecule has 0 aliphatic carbocycles. The van der Waals surface area contributed by atoms with Gasteiger partial charge in [-0.3, -0.25) is 14.8 Å². The highest BCUT2D eigenvalue weighted by Crippen LogP contribution is 2.27. The third-order valence-electron chi connectivity index (χ3n) is 3.86. The standard InChI is InChI=1S/C18H28N4O3/c1-7-9-14(21(8-2)17(24)25-18(4,5)6)13-11-15-19-12(3)10-16(23)22(15)20-13/h10-11,14,20H,7-9H2,1-6H3. The first-order valence-electron chi connectivity index (χ1n) is 8.75. The average molecular weight is 348 g/mol. The molecule has 7 nitrogen and oxygen atoms in total. The smallest absolute Gasteiger partial charge is 0.410 e. The monoisotopic (exact) mass is 348 g/mol. The molecule has 0 radical (unpaired) electrons. The maximum Gasteiger partial charge on any atom is 0.410 e. The van der Waals surface area contributed by atoms with Gasteiger partial charge >= 0.3 is 6.09 Å². The highest BCUT2D eigenvalue weighted by atomic mass is 16.6. The Balaban J connectivity index is 2.43. The lowest BCUT2D eigenvalue weighted by Gasteiger charge is -2.32. The number of aromatic amines is 1. The molecule has 0 bridgehead atoms. The maximum absolute atomic E-state index is 12.6. The summed E-state index contributed by atoms with van der Waals surface area (Å²) < 4.78 is 6.96. The number of H-pyrrole nitrogens is 1. The van der Waals surface area contributed by atoms with Crippen molar-refractivity contribution in [3.8, 4) is 0 Å². The predicted molar refractivity (Wildman–Crippen MR) is 96.8 cm³/mol. The van der Waals surface area contributed by atoms with Crippen LogP contribution in [0.2, 0.25) is 0 Å². The van der Waals surface area contributed by atoms with E-state index in [1.807, 2.05) is 33.8 Å². The number of hydrogen-bond acceptors (Lipinski definition) is 4. The first kappa shape index (κ1) is 19.0. The lowest BCUT2D eigenvalue weighted by Crippen LogP contribution is -2.39. The van der Waals surface area contributed by atoms with Gasteiger partial charge < -0.3 is 4.74 Å². The van der Waals surface area contributed by atoms with Crippen molar-refractivity contribution in [1.29, 1.82) is 0 Å². The fraction of sp³-hybridized carbons (Fsp3) is 0.611. The molecule has 0 fully saturated rings. The second-order valence-corrected chi connectivity index (χ2v) is 7.21. The van der Waals surface area contributed by atoms with Gasteiger partial charge in [0.15, 0.2) is 5.65 Å². The summed E-state index contributed by atoms with van der Waals surface area (Å²) in [6.45, 7) is 11.8. The van der Waals surface area contributed by atoms with Crippen LogP contribution >= 0.6 is 0 Å². The number of carbonyl (C=O) groups is 1. The third kappa shape index (κ3) is 4.41. The van der Waals surface area contributed by atoms with Crippen molar-refractivity contribution in [3.05, 3.63) is 33.9 Å². The van der Waals surface area contributed by atoms with Crippen molar-refractivity contribution in [2.45, 2.75) is 66.0 Å². The van der Waals surface area contributed by atoms with Gasteiger partial charge in [0.1, 0.15) is 5.60 Å². The lowest BCUT2D eigenvalue weighted by atomic mass is 10.1. The molecule has 0 aromatic carbocycles. The van der Waals surface area contributed by atoms with E-state index in [-0.39, 0.29) is 17.7 Å². The number of nitrogens with zero attached hydrogens (tertiary/aromatic N) is 3. The zero-order chi connectivity index (χ0) is 18.8. The van der Waals surface area contributed by atoms with Gasteiger partial charge in [-0.2, -0.15) is 0 Å². The Morgan fingerprint density at radius 1 is 1.36 bits per heavy atom. The van der Waals surface area contributed by atoms with E-state index < -0.39 is 5.60 Å². The number of ether oxygens (including phenoxy) is 1. The van der Waals surface area contributed by atoms with Crippen molar-refractivity contribution in [2.75, 3.05) is 6.54 Å². The molecule has 2 heterocycles. The third-order valence-corrected chi connectivity index (χ3v) is 3.86. The van der Waals surface area contributed by atoms with Gasteiger partial charge in [-0.25, -0.2) is 14.3 Å². The molecular formula is C18H28N4O3. The normalized spacial score (nSPS) is 13.0. The van der Waals surface area contributed by atoms with Crippen LogP contribution in [-0.4, -0.2) is 37.7 Å². The molecule has 7 heteroatoms. The van der Waals surface area contributed by atoms with Crippen LogP contribution in [-0.2, 0) is 4.74 Å². The van der Waals surface area contributed by atoms with Crippen LogP contribution in [0.1, 0.15) is 64.9 Å². The fourth-order valence-electron chi connectivity index (χ4n) is 2.85. The first-order valence-corrected chi connectivity index (χ1v) is 8.75. The van der Waals surface area contributed by atoms with E-state index in [9.17, 15) is 9.59 Å².